The Bertz CT molecular complexity index is 1040. The zero-order chi connectivity index (χ0) is 30.9. The lowest BCUT2D eigenvalue weighted by atomic mass is 9.97. The molecular weight excluding hydrogens is 566 g/mol. The summed E-state index contributed by atoms with van der Waals surface area (Å²) in [5.74, 6) is -1.30. The fraction of sp³-hybridized carbons (Fsp3) is 0.536. The third kappa shape index (κ3) is 13.0. The molecule has 11 nitrogen and oxygen atoms in total. The molecule has 0 radical (unpaired) electrons. The summed E-state index contributed by atoms with van der Waals surface area (Å²) >= 11 is 7.92. The van der Waals surface area contributed by atoms with Gasteiger partial charge in [-0.1, -0.05) is 32.6 Å². The molecule has 3 amide bonds. The first-order valence-corrected chi connectivity index (χ1v) is 14.5. The summed E-state index contributed by atoms with van der Waals surface area (Å²) in [5.41, 5.74) is 3.63. The van der Waals surface area contributed by atoms with Crippen molar-refractivity contribution in [3.05, 3.63) is 47.2 Å². The highest BCUT2D eigenvalue weighted by molar-refractivity contribution is 7.84. The molecule has 0 aromatic carbocycles. The summed E-state index contributed by atoms with van der Waals surface area (Å²) < 4.78 is 4.79. The third-order valence-electron chi connectivity index (χ3n) is 6.18. The molecule has 4 N–H and O–H groups in total. The number of methoxy groups -OCH3 is 1. The van der Waals surface area contributed by atoms with E-state index in [0.29, 0.717) is 43.0 Å². The Morgan fingerprint density at radius 1 is 1.32 bits per heavy atom. The molecule has 41 heavy (non-hydrogen) atoms. The second-order valence-electron chi connectivity index (χ2n) is 9.74. The van der Waals surface area contributed by atoms with Gasteiger partial charge in [0, 0.05) is 25.8 Å². The van der Waals surface area contributed by atoms with Crippen LogP contribution in [-0.2, 0) is 23.9 Å². The molecule has 2 aliphatic rings. The number of nitrogens with one attached hydrogen (secondary N) is 3. The summed E-state index contributed by atoms with van der Waals surface area (Å²) in [6.07, 6.45) is 9.40. The number of rotatable bonds is 12. The van der Waals surface area contributed by atoms with E-state index >= 15 is 0 Å². The van der Waals surface area contributed by atoms with Crippen molar-refractivity contribution >= 4 is 55.7 Å². The topological polar surface area (TPSA) is 149 Å². The zero-order valence-corrected chi connectivity index (χ0v) is 25.8. The van der Waals surface area contributed by atoms with E-state index in [0.717, 1.165) is 5.57 Å². The van der Waals surface area contributed by atoms with Gasteiger partial charge in [-0.3, -0.25) is 29.2 Å². The molecule has 2 rings (SSSR count). The molecular formula is C28H43N5O6S2. The van der Waals surface area contributed by atoms with Crippen LogP contribution in [0.5, 0.6) is 0 Å². The number of ether oxygens (including phenoxy) is 1. The molecule has 0 saturated carbocycles. The Morgan fingerprint density at radius 3 is 2.56 bits per heavy atom. The van der Waals surface area contributed by atoms with Gasteiger partial charge in [0.05, 0.1) is 17.9 Å². The van der Waals surface area contributed by atoms with E-state index in [-0.39, 0.29) is 30.4 Å². The van der Waals surface area contributed by atoms with Crippen LogP contribution in [-0.4, -0.2) is 78.1 Å². The van der Waals surface area contributed by atoms with Gasteiger partial charge in [-0.05, 0) is 55.4 Å². The molecule has 1 aliphatic heterocycles. The first-order valence-electron chi connectivity index (χ1n) is 13.4. The molecule has 1 fully saturated rings. The molecule has 0 aromatic heterocycles. The van der Waals surface area contributed by atoms with Gasteiger partial charge in [0.25, 0.3) is 5.91 Å². The number of nitrogens with zero attached hydrogens (tertiary/aromatic N) is 2. The third-order valence-corrected chi connectivity index (χ3v) is 6.70. The van der Waals surface area contributed by atoms with Gasteiger partial charge < -0.3 is 20.5 Å². The summed E-state index contributed by atoms with van der Waals surface area (Å²) in [6, 6.07) is -2.45. The molecule has 1 aliphatic carbocycles. The van der Waals surface area contributed by atoms with E-state index in [1.54, 1.807) is 32.1 Å². The first kappa shape index (κ1) is 36.0. The minimum Gasteiger partial charge on any atom is -0.512 e. The van der Waals surface area contributed by atoms with E-state index in [4.69, 9.17) is 4.74 Å². The number of aliphatic imine (C=N–C) groups is 1. The van der Waals surface area contributed by atoms with Crippen molar-refractivity contribution in [2.45, 2.75) is 70.5 Å². The number of amides is 3. The van der Waals surface area contributed by atoms with Crippen molar-refractivity contribution in [1.29, 1.82) is 0 Å². The van der Waals surface area contributed by atoms with E-state index in [1.807, 2.05) is 6.08 Å². The number of carbonyl (C=O) groups excluding carboxylic acids is 4. The van der Waals surface area contributed by atoms with Crippen molar-refractivity contribution in [2.24, 2.45) is 10.9 Å². The van der Waals surface area contributed by atoms with Gasteiger partial charge >= 0.3 is 5.97 Å². The van der Waals surface area contributed by atoms with E-state index in [2.05, 4.69) is 59.6 Å². The van der Waals surface area contributed by atoms with Crippen LogP contribution >= 0.6 is 25.3 Å². The molecule has 228 valence electrons. The van der Waals surface area contributed by atoms with Gasteiger partial charge in [-0.2, -0.15) is 12.6 Å². The Kier molecular flexibility index (Phi) is 16.8. The van der Waals surface area contributed by atoms with Gasteiger partial charge in [0.1, 0.15) is 18.1 Å². The molecule has 13 heteroatoms. The Morgan fingerprint density at radius 2 is 2.02 bits per heavy atom. The smallest absolute Gasteiger partial charge is 0.324 e. The molecule has 0 aromatic rings. The molecule has 3 unspecified atom stereocenters. The Balaban J connectivity index is 0.00000106. The van der Waals surface area contributed by atoms with Crippen molar-refractivity contribution in [2.75, 3.05) is 19.4 Å². The normalized spacial score (nSPS) is 18.4. The largest absolute Gasteiger partial charge is 0.512 e. The van der Waals surface area contributed by atoms with Crippen molar-refractivity contribution in [1.82, 2.24) is 21.1 Å². The van der Waals surface area contributed by atoms with Crippen LogP contribution in [0.2, 0.25) is 0 Å². The van der Waals surface area contributed by atoms with Crippen LogP contribution in [0.15, 0.2) is 52.2 Å². The lowest BCUT2D eigenvalue weighted by Crippen LogP contribution is -2.61. The maximum atomic E-state index is 13.5. The SMILES string of the molecule is C=C/C=C(/S)N=C.COC(=O)C1CCCN(C(=O)C(CC2=CCCC(O)=C2)NC(=O)C(NC(=O)CCS)C(C)C)N1. The number of thiol groups is 2. The number of allylic oxidation sites excluding steroid dienone is 5. The van der Waals surface area contributed by atoms with Crippen LogP contribution in [0.3, 0.4) is 0 Å². The number of hydrogen-bond acceptors (Lipinski definition) is 10. The lowest BCUT2D eigenvalue weighted by Gasteiger charge is -2.35. The monoisotopic (exact) mass is 609 g/mol. The highest BCUT2D eigenvalue weighted by Gasteiger charge is 2.35. The van der Waals surface area contributed by atoms with E-state index in [9.17, 15) is 24.3 Å². The van der Waals surface area contributed by atoms with Gasteiger partial charge in [0.15, 0.2) is 0 Å². The Labute approximate surface area is 253 Å². The second-order valence-corrected chi connectivity index (χ2v) is 10.6. The summed E-state index contributed by atoms with van der Waals surface area (Å²) in [6.45, 7) is 10.6. The van der Waals surface area contributed by atoms with Crippen LogP contribution in [0.4, 0.5) is 0 Å². The molecule has 0 spiro atoms. The minimum atomic E-state index is -0.965. The lowest BCUT2D eigenvalue weighted by molar-refractivity contribution is -0.151. The maximum Gasteiger partial charge on any atom is 0.324 e. The Hall–Kier alpha value is -3.03. The number of aliphatic hydroxyl groups is 1. The van der Waals surface area contributed by atoms with E-state index in [1.165, 1.54) is 12.1 Å². The number of hydrazine groups is 1. The summed E-state index contributed by atoms with van der Waals surface area (Å²) in [5, 5.41) is 17.4. The van der Waals surface area contributed by atoms with Crippen LogP contribution in [0, 0.1) is 5.92 Å². The summed E-state index contributed by atoms with van der Waals surface area (Å²) in [7, 11) is 1.29. The molecule has 1 saturated heterocycles. The summed E-state index contributed by atoms with van der Waals surface area (Å²) in [4.78, 5) is 54.2. The minimum absolute atomic E-state index is 0.158. The number of aliphatic hydroxyl groups excluding tert-OH is 1. The number of hydrogen-bond donors (Lipinski definition) is 6. The average molecular weight is 610 g/mol. The molecule has 1 heterocycles. The predicted molar refractivity (Wildman–Crippen MR) is 167 cm³/mol. The van der Waals surface area contributed by atoms with Crippen LogP contribution < -0.4 is 16.1 Å². The maximum absolute atomic E-state index is 13.5. The van der Waals surface area contributed by atoms with Crippen LogP contribution in [0.1, 0.15) is 52.4 Å². The highest BCUT2D eigenvalue weighted by atomic mass is 32.1. The highest BCUT2D eigenvalue weighted by Crippen LogP contribution is 2.21. The van der Waals surface area contributed by atoms with Crippen LogP contribution in [0.25, 0.3) is 0 Å². The standard InChI is InChI=1S/C23H36N4O6S.C5H7NS/c1-14(2)20(25-19(29)9-11-34)21(30)24-18(13-15-6-4-7-16(28)12-15)22(31)27-10-5-8-17(26-27)23(32)33-3;1-3-4-5(7)6-2/h6,12,14,17-18,20,26,28,34H,4-5,7-11,13H2,1-3H3,(H,24,30)(H,25,29);3-4,7H,1-2H2/b;5-4+. The number of esters is 1. The molecule has 0 bridgehead atoms. The van der Waals surface area contributed by atoms with Crippen molar-refractivity contribution in [3.63, 3.8) is 0 Å². The number of carbonyl (C=O) groups is 4. The fourth-order valence-electron chi connectivity index (χ4n) is 4.08. The predicted octanol–water partition coefficient (Wildman–Crippen LogP) is 2.80. The first-order chi connectivity index (χ1) is 19.5. The van der Waals surface area contributed by atoms with Gasteiger partial charge in [0.2, 0.25) is 11.8 Å². The van der Waals surface area contributed by atoms with E-state index < -0.39 is 35.9 Å². The van der Waals surface area contributed by atoms with Gasteiger partial charge in [-0.15, -0.1) is 12.6 Å². The van der Waals surface area contributed by atoms with Gasteiger partial charge in [-0.25, -0.2) is 5.43 Å². The van der Waals surface area contributed by atoms with Crippen molar-refractivity contribution < 1.29 is 29.0 Å². The second kappa shape index (κ2) is 19.2. The fourth-order valence-corrected chi connectivity index (χ4v) is 4.38. The molecule has 3 atom stereocenters. The zero-order valence-electron chi connectivity index (χ0n) is 24.0. The quantitative estimate of drug-likeness (QED) is 0.0863. The van der Waals surface area contributed by atoms with Crippen molar-refractivity contribution in [3.8, 4) is 0 Å². The average Bonchev–Trinajstić information content (AvgIpc) is 2.95.